The lowest BCUT2D eigenvalue weighted by molar-refractivity contribution is 0.178. The van der Waals surface area contributed by atoms with E-state index < -0.39 is 6.10 Å². The third-order valence-electron chi connectivity index (χ3n) is 3.69. The molecule has 0 fully saturated rings. The maximum absolute atomic E-state index is 10.4. The molecule has 20 heavy (non-hydrogen) atoms. The van der Waals surface area contributed by atoms with Crippen LogP contribution in [-0.2, 0) is 6.42 Å². The second-order valence-corrected chi connectivity index (χ2v) is 5.10. The number of hydrogen-bond acceptors (Lipinski definition) is 2. The first-order chi connectivity index (χ1) is 9.74. The summed E-state index contributed by atoms with van der Waals surface area (Å²) in [4.78, 5) is 4.30. The van der Waals surface area contributed by atoms with Crippen molar-refractivity contribution in [3.63, 3.8) is 0 Å². The lowest BCUT2D eigenvalue weighted by Gasteiger charge is -2.13. The fourth-order valence-electron chi connectivity index (χ4n) is 2.47. The van der Waals surface area contributed by atoms with Crippen LogP contribution < -0.4 is 0 Å². The highest BCUT2D eigenvalue weighted by molar-refractivity contribution is 5.79. The van der Waals surface area contributed by atoms with Gasteiger partial charge in [0.15, 0.2) is 0 Å². The van der Waals surface area contributed by atoms with Crippen LogP contribution in [0.1, 0.15) is 22.8 Å². The highest BCUT2D eigenvalue weighted by Crippen LogP contribution is 2.23. The van der Waals surface area contributed by atoms with Crippen LogP contribution in [0.15, 0.2) is 60.8 Å². The van der Waals surface area contributed by atoms with Gasteiger partial charge in [-0.1, -0.05) is 36.4 Å². The summed E-state index contributed by atoms with van der Waals surface area (Å²) >= 11 is 0. The van der Waals surface area contributed by atoms with Gasteiger partial charge in [-0.3, -0.25) is 4.98 Å². The Hall–Kier alpha value is -2.19. The van der Waals surface area contributed by atoms with Gasteiger partial charge in [0.25, 0.3) is 0 Å². The van der Waals surface area contributed by atoms with E-state index in [9.17, 15) is 5.11 Å². The van der Waals surface area contributed by atoms with Crippen LogP contribution in [0, 0.1) is 6.92 Å². The number of rotatable bonds is 3. The summed E-state index contributed by atoms with van der Waals surface area (Å²) in [6, 6.07) is 18.1. The first-order valence-electron chi connectivity index (χ1n) is 6.81. The Balaban J connectivity index is 1.89. The normalized spacial score (nSPS) is 12.5. The summed E-state index contributed by atoms with van der Waals surface area (Å²) in [7, 11) is 0. The van der Waals surface area contributed by atoms with Gasteiger partial charge >= 0.3 is 0 Å². The molecule has 0 bridgehead atoms. The molecule has 0 spiro atoms. The predicted octanol–water partition coefficient (Wildman–Crippen LogP) is 3.82. The smallest absolute Gasteiger partial charge is 0.0830 e. The topological polar surface area (TPSA) is 33.1 Å². The van der Waals surface area contributed by atoms with Crippen molar-refractivity contribution in [1.82, 2.24) is 4.98 Å². The Morgan fingerprint density at radius 3 is 2.75 bits per heavy atom. The maximum Gasteiger partial charge on any atom is 0.0830 e. The average molecular weight is 263 g/mol. The summed E-state index contributed by atoms with van der Waals surface area (Å²) in [5.41, 5.74) is 4.30. The number of aromatic nitrogens is 1. The average Bonchev–Trinajstić information content (AvgIpc) is 2.49. The molecule has 100 valence electrons. The van der Waals surface area contributed by atoms with Crippen molar-refractivity contribution >= 4 is 10.9 Å². The molecular weight excluding hydrogens is 246 g/mol. The molecule has 0 radical (unpaired) electrons. The molecule has 1 atom stereocenters. The molecule has 0 saturated carbocycles. The van der Waals surface area contributed by atoms with Crippen LogP contribution in [0.25, 0.3) is 10.9 Å². The fraction of sp³-hybridized carbons (Fsp3) is 0.167. The minimum absolute atomic E-state index is 0.485. The molecule has 2 nitrogen and oxygen atoms in total. The van der Waals surface area contributed by atoms with E-state index in [1.807, 2.05) is 42.5 Å². The quantitative estimate of drug-likeness (QED) is 0.779. The Kier molecular flexibility index (Phi) is 3.48. The second-order valence-electron chi connectivity index (χ2n) is 5.10. The van der Waals surface area contributed by atoms with Crippen molar-refractivity contribution in [2.45, 2.75) is 19.4 Å². The summed E-state index contributed by atoms with van der Waals surface area (Å²) in [5.74, 6) is 0. The standard InChI is InChI=1S/C18H17NO/c1-13-5-2-3-6-14(13)12-18(20)16-8-9-17-15(11-16)7-4-10-19-17/h2-11,18,20H,12H2,1H3. The first kappa shape index (κ1) is 12.8. The number of hydrogen-bond donors (Lipinski definition) is 1. The predicted molar refractivity (Wildman–Crippen MR) is 81.6 cm³/mol. The molecule has 0 amide bonds. The highest BCUT2D eigenvalue weighted by atomic mass is 16.3. The molecule has 0 aliphatic carbocycles. The molecule has 0 aliphatic heterocycles. The summed E-state index contributed by atoms with van der Waals surface area (Å²) in [6.45, 7) is 2.08. The van der Waals surface area contributed by atoms with Crippen molar-refractivity contribution in [3.05, 3.63) is 77.5 Å². The SMILES string of the molecule is Cc1ccccc1CC(O)c1ccc2ncccc2c1. The minimum Gasteiger partial charge on any atom is -0.388 e. The molecule has 3 aromatic rings. The van der Waals surface area contributed by atoms with Crippen LogP contribution in [-0.4, -0.2) is 10.1 Å². The molecule has 0 saturated heterocycles. The van der Waals surface area contributed by atoms with Gasteiger partial charge in [0.2, 0.25) is 0 Å². The van der Waals surface area contributed by atoms with Crippen LogP contribution >= 0.6 is 0 Å². The largest absolute Gasteiger partial charge is 0.388 e. The Bertz CT molecular complexity index is 736. The monoisotopic (exact) mass is 263 g/mol. The molecule has 1 N–H and O–H groups in total. The number of pyridine rings is 1. The van der Waals surface area contributed by atoms with E-state index in [-0.39, 0.29) is 0 Å². The van der Waals surface area contributed by atoms with Crippen molar-refractivity contribution in [2.75, 3.05) is 0 Å². The number of nitrogens with zero attached hydrogens (tertiary/aromatic N) is 1. The van der Waals surface area contributed by atoms with Crippen LogP contribution in [0.2, 0.25) is 0 Å². The summed E-state index contributed by atoms with van der Waals surface area (Å²) in [6.07, 6.45) is 1.94. The van der Waals surface area contributed by atoms with E-state index in [1.54, 1.807) is 6.20 Å². The Morgan fingerprint density at radius 1 is 1.05 bits per heavy atom. The Morgan fingerprint density at radius 2 is 1.90 bits per heavy atom. The van der Waals surface area contributed by atoms with Crippen LogP contribution in [0.3, 0.4) is 0 Å². The number of aryl methyl sites for hydroxylation is 1. The van der Waals surface area contributed by atoms with Crippen molar-refractivity contribution in [2.24, 2.45) is 0 Å². The van der Waals surface area contributed by atoms with E-state index in [0.717, 1.165) is 16.5 Å². The van der Waals surface area contributed by atoms with Gasteiger partial charge in [-0.2, -0.15) is 0 Å². The van der Waals surface area contributed by atoms with Crippen molar-refractivity contribution in [3.8, 4) is 0 Å². The lowest BCUT2D eigenvalue weighted by Crippen LogP contribution is -2.03. The van der Waals surface area contributed by atoms with Crippen LogP contribution in [0.5, 0.6) is 0 Å². The van der Waals surface area contributed by atoms with Gasteiger partial charge in [0.05, 0.1) is 11.6 Å². The van der Waals surface area contributed by atoms with E-state index in [2.05, 4.69) is 24.0 Å². The third kappa shape index (κ3) is 2.56. The zero-order valence-corrected chi connectivity index (χ0v) is 11.5. The summed E-state index contributed by atoms with van der Waals surface area (Å²) < 4.78 is 0. The summed E-state index contributed by atoms with van der Waals surface area (Å²) in [5, 5.41) is 11.5. The van der Waals surface area contributed by atoms with Gasteiger partial charge in [-0.05, 0) is 41.8 Å². The zero-order valence-electron chi connectivity index (χ0n) is 11.5. The number of aliphatic hydroxyl groups excluding tert-OH is 1. The molecule has 1 unspecified atom stereocenters. The van der Waals surface area contributed by atoms with Gasteiger partial charge in [-0.15, -0.1) is 0 Å². The number of fused-ring (bicyclic) bond motifs is 1. The van der Waals surface area contributed by atoms with E-state index in [4.69, 9.17) is 0 Å². The lowest BCUT2D eigenvalue weighted by atomic mass is 9.97. The molecule has 1 heterocycles. The van der Waals surface area contributed by atoms with Gasteiger partial charge in [-0.25, -0.2) is 0 Å². The van der Waals surface area contributed by atoms with Gasteiger partial charge in [0, 0.05) is 18.0 Å². The second kappa shape index (κ2) is 5.43. The minimum atomic E-state index is -0.485. The molecule has 0 aliphatic rings. The fourth-order valence-corrected chi connectivity index (χ4v) is 2.47. The van der Waals surface area contributed by atoms with Crippen molar-refractivity contribution < 1.29 is 5.11 Å². The molecule has 1 aromatic heterocycles. The molecule has 2 heteroatoms. The van der Waals surface area contributed by atoms with Crippen LogP contribution in [0.4, 0.5) is 0 Å². The molecule has 2 aromatic carbocycles. The zero-order chi connectivity index (χ0) is 13.9. The van der Waals surface area contributed by atoms with E-state index in [0.29, 0.717) is 6.42 Å². The molecule has 3 rings (SSSR count). The Labute approximate surface area is 118 Å². The van der Waals surface area contributed by atoms with Crippen molar-refractivity contribution in [1.29, 1.82) is 0 Å². The highest BCUT2D eigenvalue weighted by Gasteiger charge is 2.10. The number of benzene rings is 2. The number of aliphatic hydroxyl groups is 1. The maximum atomic E-state index is 10.4. The van der Waals surface area contributed by atoms with E-state index >= 15 is 0 Å². The first-order valence-corrected chi connectivity index (χ1v) is 6.81. The van der Waals surface area contributed by atoms with E-state index in [1.165, 1.54) is 11.1 Å². The van der Waals surface area contributed by atoms with Gasteiger partial charge < -0.3 is 5.11 Å². The van der Waals surface area contributed by atoms with Gasteiger partial charge in [0.1, 0.15) is 0 Å². The molecular formula is C18H17NO. The third-order valence-corrected chi connectivity index (χ3v) is 3.69.